The van der Waals surface area contributed by atoms with Gasteiger partial charge in [0.25, 0.3) is 0 Å². The van der Waals surface area contributed by atoms with Crippen LogP contribution < -0.4 is 0 Å². The summed E-state index contributed by atoms with van der Waals surface area (Å²) in [5.74, 6) is -0.211. The third-order valence-electron chi connectivity index (χ3n) is 1.39. The van der Waals surface area contributed by atoms with Crippen LogP contribution in [-0.4, -0.2) is 12.1 Å². The molecule has 2 nitrogen and oxygen atoms in total. The number of carbonyl (C=O) groups excluding carboxylic acids is 1. The quantitative estimate of drug-likeness (QED) is 0.660. The Morgan fingerprint density at radius 1 is 1.58 bits per heavy atom. The van der Waals surface area contributed by atoms with E-state index in [-0.39, 0.29) is 12.1 Å². The summed E-state index contributed by atoms with van der Waals surface area (Å²) in [5.41, 5.74) is 0.991. The van der Waals surface area contributed by atoms with Crippen LogP contribution in [0.4, 0.5) is 0 Å². The molecule has 1 heterocycles. The van der Waals surface area contributed by atoms with Crippen LogP contribution in [0.2, 0.25) is 0 Å². The Morgan fingerprint density at radius 2 is 2.25 bits per heavy atom. The first-order valence-electron chi connectivity index (χ1n) is 3.86. The smallest absolute Gasteiger partial charge is 0.348 e. The molecule has 0 aromatic carbocycles. The zero-order valence-corrected chi connectivity index (χ0v) is 8.27. The summed E-state index contributed by atoms with van der Waals surface area (Å²) in [6, 6.07) is 1.92. The Labute approximate surface area is 76.2 Å². The van der Waals surface area contributed by atoms with E-state index in [4.69, 9.17) is 4.74 Å². The van der Waals surface area contributed by atoms with Gasteiger partial charge in [0.1, 0.15) is 4.88 Å². The lowest BCUT2D eigenvalue weighted by molar-refractivity contribution is 0.0383. The van der Waals surface area contributed by atoms with Crippen molar-refractivity contribution in [2.45, 2.75) is 26.9 Å². The largest absolute Gasteiger partial charge is 0.459 e. The van der Waals surface area contributed by atoms with Crippen molar-refractivity contribution in [3.8, 4) is 0 Å². The number of thiophene rings is 1. The molecule has 0 aliphatic heterocycles. The highest BCUT2D eigenvalue weighted by Crippen LogP contribution is 2.17. The van der Waals surface area contributed by atoms with E-state index >= 15 is 0 Å². The van der Waals surface area contributed by atoms with Gasteiger partial charge in [-0.1, -0.05) is 0 Å². The number of aryl methyl sites for hydroxylation is 1. The molecule has 0 bridgehead atoms. The second-order valence-corrected chi connectivity index (χ2v) is 3.80. The van der Waals surface area contributed by atoms with Crippen LogP contribution in [-0.2, 0) is 4.74 Å². The fourth-order valence-electron chi connectivity index (χ4n) is 0.849. The highest BCUT2D eigenvalue weighted by atomic mass is 32.1. The fraction of sp³-hybridized carbons (Fsp3) is 0.444. The minimum absolute atomic E-state index is 0.0426. The highest BCUT2D eigenvalue weighted by Gasteiger charge is 2.12. The van der Waals surface area contributed by atoms with Crippen molar-refractivity contribution in [2.75, 3.05) is 0 Å². The first kappa shape index (κ1) is 9.26. The molecule has 0 atom stereocenters. The van der Waals surface area contributed by atoms with Gasteiger partial charge < -0.3 is 4.74 Å². The van der Waals surface area contributed by atoms with E-state index in [0.717, 1.165) is 5.56 Å². The molecule has 0 N–H and O–H groups in total. The molecule has 0 unspecified atom stereocenters. The molecular weight excluding hydrogens is 172 g/mol. The number of esters is 1. The van der Waals surface area contributed by atoms with Gasteiger partial charge >= 0.3 is 5.97 Å². The predicted molar refractivity (Wildman–Crippen MR) is 49.6 cm³/mol. The zero-order valence-electron chi connectivity index (χ0n) is 7.46. The summed E-state index contributed by atoms with van der Waals surface area (Å²) in [6.07, 6.45) is -0.0426. The maximum atomic E-state index is 11.3. The number of hydrogen-bond donors (Lipinski definition) is 0. The molecule has 0 saturated heterocycles. The van der Waals surface area contributed by atoms with Crippen LogP contribution in [0.5, 0.6) is 0 Å². The molecule has 0 fully saturated rings. The zero-order chi connectivity index (χ0) is 9.14. The fourth-order valence-corrected chi connectivity index (χ4v) is 1.66. The summed E-state index contributed by atoms with van der Waals surface area (Å²) in [7, 11) is 0. The van der Waals surface area contributed by atoms with Crippen molar-refractivity contribution in [1.82, 2.24) is 0 Å². The summed E-state index contributed by atoms with van der Waals surface area (Å²) in [5, 5.41) is 1.90. The Hall–Kier alpha value is -0.830. The molecule has 0 radical (unpaired) electrons. The van der Waals surface area contributed by atoms with Gasteiger partial charge in [0, 0.05) is 0 Å². The minimum atomic E-state index is -0.211. The van der Waals surface area contributed by atoms with E-state index in [2.05, 4.69) is 0 Å². The van der Waals surface area contributed by atoms with E-state index < -0.39 is 0 Å². The van der Waals surface area contributed by atoms with Crippen LogP contribution in [0.15, 0.2) is 11.4 Å². The number of carbonyl (C=O) groups is 1. The van der Waals surface area contributed by atoms with E-state index in [9.17, 15) is 4.79 Å². The molecule has 3 heteroatoms. The van der Waals surface area contributed by atoms with E-state index in [1.807, 2.05) is 32.2 Å². The average molecular weight is 184 g/mol. The van der Waals surface area contributed by atoms with Crippen LogP contribution >= 0.6 is 11.3 Å². The van der Waals surface area contributed by atoms with Crippen molar-refractivity contribution >= 4 is 17.3 Å². The van der Waals surface area contributed by atoms with Crippen LogP contribution in [0, 0.1) is 6.92 Å². The normalized spacial score (nSPS) is 10.3. The minimum Gasteiger partial charge on any atom is -0.459 e. The van der Waals surface area contributed by atoms with E-state index in [0.29, 0.717) is 4.88 Å². The monoisotopic (exact) mass is 184 g/mol. The molecule has 0 spiro atoms. The van der Waals surface area contributed by atoms with Gasteiger partial charge in [-0.05, 0) is 37.8 Å². The Bertz CT molecular complexity index is 276. The van der Waals surface area contributed by atoms with Crippen molar-refractivity contribution in [2.24, 2.45) is 0 Å². The molecule has 0 aliphatic carbocycles. The predicted octanol–water partition coefficient (Wildman–Crippen LogP) is 2.62. The molecule has 1 rings (SSSR count). The molecule has 0 amide bonds. The van der Waals surface area contributed by atoms with Crippen molar-refractivity contribution < 1.29 is 9.53 Å². The number of hydrogen-bond acceptors (Lipinski definition) is 3. The van der Waals surface area contributed by atoms with Gasteiger partial charge in [-0.25, -0.2) is 4.79 Å². The van der Waals surface area contributed by atoms with Crippen LogP contribution in [0.3, 0.4) is 0 Å². The Kier molecular flexibility index (Phi) is 2.87. The molecular formula is C9H12O2S. The summed E-state index contributed by atoms with van der Waals surface area (Å²) < 4.78 is 5.05. The summed E-state index contributed by atoms with van der Waals surface area (Å²) in [4.78, 5) is 12.0. The van der Waals surface area contributed by atoms with Crippen molar-refractivity contribution in [3.63, 3.8) is 0 Å². The molecule has 66 valence electrons. The van der Waals surface area contributed by atoms with Gasteiger partial charge in [0.05, 0.1) is 6.10 Å². The first-order chi connectivity index (χ1) is 5.61. The summed E-state index contributed by atoms with van der Waals surface area (Å²) >= 11 is 1.43. The molecule has 1 aromatic heterocycles. The maximum absolute atomic E-state index is 11.3. The van der Waals surface area contributed by atoms with E-state index in [1.165, 1.54) is 11.3 Å². The number of rotatable bonds is 2. The van der Waals surface area contributed by atoms with Gasteiger partial charge in [-0.15, -0.1) is 11.3 Å². The lowest BCUT2D eigenvalue weighted by atomic mass is 10.3. The molecule has 1 aromatic rings. The molecule has 12 heavy (non-hydrogen) atoms. The van der Waals surface area contributed by atoms with E-state index in [1.54, 1.807) is 0 Å². The topological polar surface area (TPSA) is 26.3 Å². The van der Waals surface area contributed by atoms with Gasteiger partial charge in [0.2, 0.25) is 0 Å². The van der Waals surface area contributed by atoms with Gasteiger partial charge in [0.15, 0.2) is 0 Å². The van der Waals surface area contributed by atoms with Crippen LogP contribution in [0.1, 0.15) is 29.1 Å². The van der Waals surface area contributed by atoms with Gasteiger partial charge in [-0.2, -0.15) is 0 Å². The van der Waals surface area contributed by atoms with Gasteiger partial charge in [-0.3, -0.25) is 0 Å². The van der Waals surface area contributed by atoms with Crippen molar-refractivity contribution in [3.05, 3.63) is 21.9 Å². The standard InChI is InChI=1S/C9H12O2S/c1-6(2)11-9(10)8-7(3)4-5-12-8/h4-6H,1-3H3. The molecule has 0 saturated carbocycles. The number of ether oxygens (including phenoxy) is 1. The first-order valence-corrected chi connectivity index (χ1v) is 4.74. The lowest BCUT2D eigenvalue weighted by Crippen LogP contribution is -2.10. The van der Waals surface area contributed by atoms with Crippen LogP contribution in [0.25, 0.3) is 0 Å². The maximum Gasteiger partial charge on any atom is 0.348 e. The average Bonchev–Trinajstić information content (AvgIpc) is 2.33. The SMILES string of the molecule is Cc1ccsc1C(=O)OC(C)C. The Morgan fingerprint density at radius 3 is 2.67 bits per heavy atom. The molecule has 0 aliphatic rings. The Balaban J connectivity index is 2.72. The van der Waals surface area contributed by atoms with Crippen molar-refractivity contribution in [1.29, 1.82) is 0 Å². The lowest BCUT2D eigenvalue weighted by Gasteiger charge is -2.06. The third-order valence-corrected chi connectivity index (χ3v) is 2.39. The second kappa shape index (κ2) is 3.72. The summed E-state index contributed by atoms with van der Waals surface area (Å²) in [6.45, 7) is 5.61. The third kappa shape index (κ3) is 2.08. The second-order valence-electron chi connectivity index (χ2n) is 2.89. The highest BCUT2D eigenvalue weighted by molar-refractivity contribution is 7.12.